The Labute approximate surface area is 90.4 Å². The van der Waals surface area contributed by atoms with Gasteiger partial charge < -0.3 is 5.11 Å². The third kappa shape index (κ3) is 2.29. The monoisotopic (exact) mass is 206 g/mol. The van der Waals surface area contributed by atoms with E-state index in [2.05, 4.69) is 18.9 Å². The summed E-state index contributed by atoms with van der Waals surface area (Å²) >= 11 is 0. The molecule has 0 fully saturated rings. The van der Waals surface area contributed by atoms with Crippen LogP contribution in [0.1, 0.15) is 32.3 Å². The number of aryl methyl sites for hydroxylation is 1. The summed E-state index contributed by atoms with van der Waals surface area (Å²) < 4.78 is 1.80. The van der Waals surface area contributed by atoms with Crippen LogP contribution in [0.15, 0.2) is 18.5 Å². The Balaban J connectivity index is 2.29. The second-order valence-corrected chi connectivity index (χ2v) is 5.21. The summed E-state index contributed by atoms with van der Waals surface area (Å²) in [4.78, 5) is 0. The van der Waals surface area contributed by atoms with E-state index in [-0.39, 0.29) is 11.5 Å². The Morgan fingerprint density at radius 2 is 2.27 bits per heavy atom. The van der Waals surface area contributed by atoms with Crippen LogP contribution in [-0.2, 0) is 7.05 Å². The first-order valence-corrected chi connectivity index (χ1v) is 5.34. The van der Waals surface area contributed by atoms with Crippen molar-refractivity contribution in [1.29, 1.82) is 0 Å². The largest absolute Gasteiger partial charge is 0.389 e. The summed E-state index contributed by atoms with van der Waals surface area (Å²) in [5, 5.41) is 13.9. The second-order valence-electron chi connectivity index (χ2n) is 5.21. The third-order valence-electron chi connectivity index (χ3n) is 2.90. The van der Waals surface area contributed by atoms with Gasteiger partial charge in [-0.05, 0) is 23.8 Å². The van der Waals surface area contributed by atoms with E-state index < -0.39 is 0 Å². The molecule has 1 aromatic heterocycles. The summed E-state index contributed by atoms with van der Waals surface area (Å²) in [7, 11) is 1.91. The first-order valence-electron chi connectivity index (χ1n) is 5.34. The minimum Gasteiger partial charge on any atom is -0.389 e. The molecule has 0 aromatic carbocycles. The van der Waals surface area contributed by atoms with Gasteiger partial charge in [-0.2, -0.15) is 5.10 Å². The molecule has 3 nitrogen and oxygen atoms in total. The minimum atomic E-state index is -0.316. The molecule has 1 aliphatic carbocycles. The molecule has 0 radical (unpaired) electrons. The van der Waals surface area contributed by atoms with Crippen LogP contribution in [0.5, 0.6) is 0 Å². The van der Waals surface area contributed by atoms with Gasteiger partial charge in [0.15, 0.2) is 0 Å². The van der Waals surface area contributed by atoms with Crippen molar-refractivity contribution < 1.29 is 5.11 Å². The zero-order chi connectivity index (χ0) is 11.1. The topological polar surface area (TPSA) is 38.0 Å². The Kier molecular flexibility index (Phi) is 2.43. The van der Waals surface area contributed by atoms with Gasteiger partial charge in [0.1, 0.15) is 0 Å². The van der Waals surface area contributed by atoms with Gasteiger partial charge in [-0.3, -0.25) is 4.68 Å². The summed E-state index contributed by atoms with van der Waals surface area (Å²) in [5.74, 6) is 0. The molecular weight excluding hydrogens is 188 g/mol. The van der Waals surface area contributed by atoms with E-state index in [0.29, 0.717) is 0 Å². The lowest BCUT2D eigenvalue weighted by Gasteiger charge is -2.32. The molecule has 0 saturated heterocycles. The molecule has 0 amide bonds. The highest BCUT2D eigenvalue weighted by Crippen LogP contribution is 2.39. The Morgan fingerprint density at radius 3 is 2.80 bits per heavy atom. The van der Waals surface area contributed by atoms with Crippen molar-refractivity contribution in [2.45, 2.75) is 32.8 Å². The molecule has 0 saturated carbocycles. The van der Waals surface area contributed by atoms with Crippen LogP contribution < -0.4 is 0 Å². The fraction of sp³-hybridized carbons (Fsp3) is 0.583. The lowest BCUT2D eigenvalue weighted by molar-refractivity contribution is 0.146. The average Bonchev–Trinajstić information content (AvgIpc) is 2.48. The van der Waals surface area contributed by atoms with E-state index in [4.69, 9.17) is 0 Å². The zero-order valence-corrected chi connectivity index (χ0v) is 9.57. The Bertz CT molecular complexity index is 390. The molecule has 15 heavy (non-hydrogen) atoms. The first kappa shape index (κ1) is 10.4. The van der Waals surface area contributed by atoms with Crippen molar-refractivity contribution in [2.24, 2.45) is 12.5 Å². The van der Waals surface area contributed by atoms with E-state index in [1.165, 1.54) is 5.57 Å². The number of aromatic nitrogens is 2. The maximum atomic E-state index is 9.78. The summed E-state index contributed by atoms with van der Waals surface area (Å²) in [6.45, 7) is 4.39. The fourth-order valence-corrected chi connectivity index (χ4v) is 2.29. The molecule has 1 aromatic rings. The molecule has 3 heteroatoms. The molecule has 82 valence electrons. The standard InChI is InChI=1S/C12H18N2O/c1-12(2)5-9(4-11(15)6-12)10-7-13-14(3)8-10/h4,7-8,11,15H,5-6H2,1-3H3. The molecule has 1 aliphatic rings. The summed E-state index contributed by atoms with van der Waals surface area (Å²) in [6.07, 6.45) is 7.36. The first-order chi connectivity index (χ1) is 6.96. The molecule has 0 spiro atoms. The predicted octanol–water partition coefficient (Wildman–Crippen LogP) is 1.98. The number of aliphatic hydroxyl groups is 1. The summed E-state index contributed by atoms with van der Waals surface area (Å²) in [5.41, 5.74) is 2.52. The van der Waals surface area contributed by atoms with Crippen molar-refractivity contribution in [3.05, 3.63) is 24.0 Å². The van der Waals surface area contributed by atoms with Crippen molar-refractivity contribution in [1.82, 2.24) is 9.78 Å². The van der Waals surface area contributed by atoms with Crippen molar-refractivity contribution in [3.63, 3.8) is 0 Å². The summed E-state index contributed by atoms with van der Waals surface area (Å²) in [6, 6.07) is 0. The highest BCUT2D eigenvalue weighted by Gasteiger charge is 2.28. The van der Waals surface area contributed by atoms with Crippen molar-refractivity contribution in [3.8, 4) is 0 Å². The second kappa shape index (κ2) is 3.49. The maximum absolute atomic E-state index is 9.78. The number of aliphatic hydroxyl groups excluding tert-OH is 1. The van der Waals surface area contributed by atoms with Crippen LogP contribution >= 0.6 is 0 Å². The number of hydrogen-bond donors (Lipinski definition) is 1. The molecule has 1 heterocycles. The smallest absolute Gasteiger partial charge is 0.0732 e. The van der Waals surface area contributed by atoms with Gasteiger partial charge in [0.2, 0.25) is 0 Å². The van der Waals surface area contributed by atoms with E-state index >= 15 is 0 Å². The molecule has 0 bridgehead atoms. The van der Waals surface area contributed by atoms with Crippen LogP contribution in [-0.4, -0.2) is 21.0 Å². The van der Waals surface area contributed by atoms with Gasteiger partial charge >= 0.3 is 0 Å². The molecule has 1 atom stereocenters. The van der Waals surface area contributed by atoms with Crippen molar-refractivity contribution >= 4 is 5.57 Å². The normalized spacial score (nSPS) is 25.1. The van der Waals surface area contributed by atoms with Gasteiger partial charge in [0.05, 0.1) is 12.3 Å². The molecular formula is C12H18N2O. The lowest BCUT2D eigenvalue weighted by atomic mass is 9.75. The zero-order valence-electron chi connectivity index (χ0n) is 9.57. The van der Waals surface area contributed by atoms with E-state index in [0.717, 1.165) is 18.4 Å². The highest BCUT2D eigenvalue weighted by molar-refractivity contribution is 5.66. The molecule has 1 N–H and O–H groups in total. The number of nitrogens with zero attached hydrogens (tertiary/aromatic N) is 2. The van der Waals surface area contributed by atoms with Gasteiger partial charge in [0.25, 0.3) is 0 Å². The molecule has 1 unspecified atom stereocenters. The van der Waals surface area contributed by atoms with E-state index in [1.807, 2.05) is 25.5 Å². The van der Waals surface area contributed by atoms with Crippen LogP contribution in [0.2, 0.25) is 0 Å². The third-order valence-corrected chi connectivity index (χ3v) is 2.90. The number of rotatable bonds is 1. The van der Waals surface area contributed by atoms with E-state index in [1.54, 1.807) is 4.68 Å². The SMILES string of the molecule is Cn1cc(C2=CC(O)CC(C)(C)C2)cn1. The van der Waals surface area contributed by atoms with Crippen molar-refractivity contribution in [2.75, 3.05) is 0 Å². The van der Waals surface area contributed by atoms with Crippen LogP contribution in [0, 0.1) is 5.41 Å². The quantitative estimate of drug-likeness (QED) is 0.763. The average molecular weight is 206 g/mol. The Morgan fingerprint density at radius 1 is 1.53 bits per heavy atom. The number of hydrogen-bond acceptors (Lipinski definition) is 2. The van der Waals surface area contributed by atoms with Crippen LogP contribution in [0.3, 0.4) is 0 Å². The molecule has 0 aliphatic heterocycles. The van der Waals surface area contributed by atoms with E-state index in [9.17, 15) is 5.11 Å². The fourth-order valence-electron chi connectivity index (χ4n) is 2.29. The molecule has 2 rings (SSSR count). The Hall–Kier alpha value is -1.09. The lowest BCUT2D eigenvalue weighted by Crippen LogP contribution is -2.24. The van der Waals surface area contributed by atoms with Crippen LogP contribution in [0.25, 0.3) is 5.57 Å². The number of allylic oxidation sites excluding steroid dienone is 1. The van der Waals surface area contributed by atoms with Gasteiger partial charge in [-0.25, -0.2) is 0 Å². The predicted molar refractivity (Wildman–Crippen MR) is 60.2 cm³/mol. The van der Waals surface area contributed by atoms with Gasteiger partial charge in [-0.1, -0.05) is 19.9 Å². The van der Waals surface area contributed by atoms with Gasteiger partial charge in [0, 0.05) is 18.8 Å². The van der Waals surface area contributed by atoms with Gasteiger partial charge in [-0.15, -0.1) is 0 Å². The maximum Gasteiger partial charge on any atom is 0.0732 e. The highest BCUT2D eigenvalue weighted by atomic mass is 16.3. The van der Waals surface area contributed by atoms with Crippen LogP contribution in [0.4, 0.5) is 0 Å². The minimum absolute atomic E-state index is 0.180.